The average Bonchev–Trinajstić information content (AvgIpc) is 2.31. The van der Waals surface area contributed by atoms with Crippen LogP contribution in [0.15, 0.2) is 18.2 Å². The summed E-state index contributed by atoms with van der Waals surface area (Å²) in [5, 5.41) is 2.81. The van der Waals surface area contributed by atoms with E-state index in [1.165, 1.54) is 0 Å². The number of carbonyl (C=O) groups is 2. The van der Waals surface area contributed by atoms with Crippen molar-refractivity contribution in [1.82, 2.24) is 0 Å². The predicted molar refractivity (Wildman–Crippen MR) is 69.8 cm³/mol. The molecule has 0 saturated carbocycles. The van der Waals surface area contributed by atoms with Crippen LogP contribution in [0.4, 0.5) is 5.69 Å². The van der Waals surface area contributed by atoms with Crippen molar-refractivity contribution in [1.29, 1.82) is 0 Å². The summed E-state index contributed by atoms with van der Waals surface area (Å²) in [6.45, 7) is 3.81. The number of hydrogen-bond donors (Lipinski definition) is 1. The number of Topliss-reactive ketones (excluding diaryl/α,β-unsaturated/α-hetero) is 1. The van der Waals surface area contributed by atoms with Gasteiger partial charge >= 0.3 is 0 Å². The van der Waals surface area contributed by atoms with Gasteiger partial charge in [0.1, 0.15) is 0 Å². The smallest absolute Gasteiger partial charge is 0.224 e. The van der Waals surface area contributed by atoms with Gasteiger partial charge in [-0.2, -0.15) is 0 Å². The van der Waals surface area contributed by atoms with Gasteiger partial charge in [0, 0.05) is 17.7 Å². The molecule has 0 aliphatic rings. The van der Waals surface area contributed by atoms with Crippen molar-refractivity contribution in [3.63, 3.8) is 0 Å². The summed E-state index contributed by atoms with van der Waals surface area (Å²) in [6.07, 6.45) is 1.31. The molecule has 4 heteroatoms. The molecular weight excluding hydrogens is 238 g/mol. The molecule has 0 aliphatic heterocycles. The quantitative estimate of drug-likeness (QED) is 0.647. The average molecular weight is 254 g/mol. The van der Waals surface area contributed by atoms with Gasteiger partial charge in [0.2, 0.25) is 5.91 Å². The molecule has 0 aromatic heterocycles. The van der Waals surface area contributed by atoms with Crippen LogP contribution in [-0.2, 0) is 4.79 Å². The molecule has 0 atom stereocenters. The number of amides is 1. The zero-order valence-electron chi connectivity index (χ0n) is 10.0. The van der Waals surface area contributed by atoms with E-state index < -0.39 is 0 Å². The highest BCUT2D eigenvalue weighted by Crippen LogP contribution is 2.17. The highest BCUT2D eigenvalue weighted by atomic mass is 35.5. The largest absolute Gasteiger partial charge is 0.326 e. The molecule has 1 amide bonds. The fraction of sp³-hybridized carbons (Fsp3) is 0.385. The van der Waals surface area contributed by atoms with Gasteiger partial charge in [-0.25, -0.2) is 0 Å². The summed E-state index contributed by atoms with van der Waals surface area (Å²) in [5.74, 6) is -0.144. The van der Waals surface area contributed by atoms with Crippen LogP contribution in [0, 0.1) is 6.92 Å². The second kappa shape index (κ2) is 6.40. The Bertz CT molecular complexity index is 429. The normalized spacial score (nSPS) is 10.1. The lowest BCUT2D eigenvalue weighted by molar-refractivity contribution is -0.116. The second-order valence-electron chi connectivity index (χ2n) is 3.88. The Labute approximate surface area is 106 Å². The van der Waals surface area contributed by atoms with Crippen molar-refractivity contribution in [2.45, 2.75) is 26.7 Å². The van der Waals surface area contributed by atoms with Crippen molar-refractivity contribution >= 4 is 29.0 Å². The van der Waals surface area contributed by atoms with E-state index in [4.69, 9.17) is 11.6 Å². The Balaban J connectivity index is 2.83. The minimum atomic E-state index is -0.110. The lowest BCUT2D eigenvalue weighted by Crippen LogP contribution is -2.12. The molecule has 1 rings (SSSR count). The van der Waals surface area contributed by atoms with Crippen molar-refractivity contribution in [3.05, 3.63) is 29.3 Å². The third-order valence-electron chi connectivity index (χ3n) is 2.42. The first-order valence-corrected chi connectivity index (χ1v) is 6.11. The fourth-order valence-electron chi connectivity index (χ4n) is 1.49. The lowest BCUT2D eigenvalue weighted by Gasteiger charge is -2.09. The highest BCUT2D eigenvalue weighted by Gasteiger charge is 2.08. The molecule has 92 valence electrons. The maximum absolute atomic E-state index is 11.4. The zero-order chi connectivity index (χ0) is 12.8. The third-order valence-corrected chi connectivity index (χ3v) is 2.66. The number of anilines is 1. The summed E-state index contributed by atoms with van der Waals surface area (Å²) < 4.78 is 0. The Morgan fingerprint density at radius 1 is 1.35 bits per heavy atom. The highest BCUT2D eigenvalue weighted by molar-refractivity contribution is 6.30. The number of hydrogen-bond acceptors (Lipinski definition) is 2. The summed E-state index contributed by atoms with van der Waals surface area (Å²) >= 11 is 5.48. The monoisotopic (exact) mass is 253 g/mol. The lowest BCUT2D eigenvalue weighted by atomic mass is 10.1. The first kappa shape index (κ1) is 13.7. The minimum absolute atomic E-state index is 0.00739. The first-order chi connectivity index (χ1) is 8.08. The zero-order valence-corrected chi connectivity index (χ0v) is 10.8. The molecule has 17 heavy (non-hydrogen) atoms. The topological polar surface area (TPSA) is 46.2 Å². The molecule has 0 bridgehead atoms. The summed E-state index contributed by atoms with van der Waals surface area (Å²) in [5.41, 5.74) is 2.19. The van der Waals surface area contributed by atoms with Gasteiger partial charge < -0.3 is 5.32 Å². The number of ketones is 1. The van der Waals surface area contributed by atoms with Crippen LogP contribution in [0.3, 0.4) is 0 Å². The summed E-state index contributed by atoms with van der Waals surface area (Å²) in [7, 11) is 0. The van der Waals surface area contributed by atoms with Crippen LogP contribution in [0.5, 0.6) is 0 Å². The van der Waals surface area contributed by atoms with E-state index in [9.17, 15) is 9.59 Å². The standard InChI is InChI=1S/C13H16ClNO2/c1-3-4-13(17)15-11-6-5-10(7-9(11)2)12(16)8-14/h5-7H,3-4,8H2,1-2H3,(H,15,17). The molecule has 3 nitrogen and oxygen atoms in total. The SMILES string of the molecule is CCCC(=O)Nc1ccc(C(=O)CCl)cc1C. The second-order valence-corrected chi connectivity index (χ2v) is 4.15. The Kier molecular flexibility index (Phi) is 5.16. The van der Waals surface area contributed by atoms with Crippen molar-refractivity contribution < 1.29 is 9.59 Å². The molecule has 0 heterocycles. The number of carbonyl (C=O) groups excluding carboxylic acids is 2. The van der Waals surface area contributed by atoms with Gasteiger partial charge in [0.25, 0.3) is 0 Å². The molecule has 1 aromatic rings. The number of rotatable bonds is 5. The first-order valence-electron chi connectivity index (χ1n) is 5.58. The van der Waals surface area contributed by atoms with Crippen LogP contribution < -0.4 is 5.32 Å². The number of aryl methyl sites for hydroxylation is 1. The van der Waals surface area contributed by atoms with E-state index in [0.717, 1.165) is 17.7 Å². The Morgan fingerprint density at radius 3 is 2.59 bits per heavy atom. The van der Waals surface area contributed by atoms with Crippen LogP contribution in [-0.4, -0.2) is 17.6 Å². The molecule has 0 aliphatic carbocycles. The summed E-state index contributed by atoms with van der Waals surface area (Å²) in [4.78, 5) is 22.8. The van der Waals surface area contributed by atoms with Crippen LogP contribution in [0.1, 0.15) is 35.7 Å². The molecule has 1 N–H and O–H groups in total. The van der Waals surface area contributed by atoms with Crippen LogP contribution in [0.2, 0.25) is 0 Å². The van der Waals surface area contributed by atoms with Crippen LogP contribution >= 0.6 is 11.6 Å². The molecule has 0 spiro atoms. The van der Waals surface area contributed by atoms with E-state index in [2.05, 4.69) is 5.32 Å². The number of halogens is 1. The van der Waals surface area contributed by atoms with Crippen LogP contribution in [0.25, 0.3) is 0 Å². The predicted octanol–water partition coefficient (Wildman–Crippen LogP) is 3.16. The van der Waals surface area contributed by atoms with E-state index in [1.54, 1.807) is 18.2 Å². The molecule has 0 unspecified atom stereocenters. The summed E-state index contributed by atoms with van der Waals surface area (Å²) in [6, 6.07) is 5.16. The van der Waals surface area contributed by atoms with E-state index in [-0.39, 0.29) is 17.6 Å². The molecular formula is C13H16ClNO2. The van der Waals surface area contributed by atoms with E-state index in [0.29, 0.717) is 12.0 Å². The van der Waals surface area contributed by atoms with Gasteiger partial charge in [-0.1, -0.05) is 6.92 Å². The Morgan fingerprint density at radius 2 is 2.06 bits per heavy atom. The maximum atomic E-state index is 11.4. The van der Waals surface area contributed by atoms with Crippen molar-refractivity contribution in [2.75, 3.05) is 11.2 Å². The van der Waals surface area contributed by atoms with Gasteiger partial charge in [0.05, 0.1) is 5.88 Å². The Hall–Kier alpha value is -1.35. The molecule has 0 fully saturated rings. The fourth-order valence-corrected chi connectivity index (χ4v) is 1.65. The maximum Gasteiger partial charge on any atom is 0.224 e. The van der Waals surface area contributed by atoms with Gasteiger partial charge in [-0.15, -0.1) is 11.6 Å². The van der Waals surface area contributed by atoms with Gasteiger partial charge in [-0.3, -0.25) is 9.59 Å². The molecule has 0 radical (unpaired) electrons. The van der Waals surface area contributed by atoms with E-state index >= 15 is 0 Å². The number of alkyl halides is 1. The third kappa shape index (κ3) is 3.86. The minimum Gasteiger partial charge on any atom is -0.326 e. The van der Waals surface area contributed by atoms with E-state index in [1.807, 2.05) is 13.8 Å². The molecule has 1 aromatic carbocycles. The van der Waals surface area contributed by atoms with Crippen molar-refractivity contribution in [3.8, 4) is 0 Å². The number of benzene rings is 1. The van der Waals surface area contributed by atoms with Crippen molar-refractivity contribution in [2.24, 2.45) is 0 Å². The molecule has 0 saturated heterocycles. The van der Waals surface area contributed by atoms with Gasteiger partial charge in [0.15, 0.2) is 5.78 Å². The number of nitrogens with one attached hydrogen (secondary N) is 1. The van der Waals surface area contributed by atoms with Gasteiger partial charge in [-0.05, 0) is 37.1 Å².